The third-order valence-corrected chi connectivity index (χ3v) is 6.33. The third-order valence-electron chi connectivity index (χ3n) is 5.14. The Hall–Kier alpha value is -3.03. The van der Waals surface area contributed by atoms with Crippen LogP contribution in [0.1, 0.15) is 36.5 Å². The Labute approximate surface area is 195 Å². The SMILES string of the molecule is CCOC(=O)C1=C(C)Nc2nc(SCc3ccccc3)[nH]c(=O)c2[C@H]1c1ccc(Cl)cc1. The lowest BCUT2D eigenvalue weighted by Crippen LogP contribution is -2.31. The number of carbonyl (C=O) groups excluding carboxylic acids is 1. The first-order valence-electron chi connectivity index (χ1n) is 10.2. The molecule has 3 aromatic rings. The number of thioether (sulfide) groups is 1. The number of carbonyl (C=O) groups is 1. The molecule has 4 rings (SSSR count). The zero-order valence-corrected chi connectivity index (χ0v) is 19.2. The molecule has 0 radical (unpaired) electrons. The molecule has 1 aromatic heterocycles. The molecular weight excluding hydrogens is 446 g/mol. The predicted molar refractivity (Wildman–Crippen MR) is 127 cm³/mol. The molecule has 1 aliphatic rings. The quantitative estimate of drug-likeness (QED) is 0.298. The van der Waals surface area contributed by atoms with E-state index in [1.807, 2.05) is 42.5 Å². The molecule has 0 bridgehead atoms. The maximum absolute atomic E-state index is 13.2. The lowest BCUT2D eigenvalue weighted by atomic mass is 9.82. The number of rotatable bonds is 6. The molecule has 1 atom stereocenters. The first-order chi connectivity index (χ1) is 15.5. The lowest BCUT2D eigenvalue weighted by Gasteiger charge is -2.28. The van der Waals surface area contributed by atoms with Crippen LogP contribution in [-0.4, -0.2) is 22.5 Å². The molecule has 0 unspecified atom stereocenters. The topological polar surface area (TPSA) is 84.1 Å². The van der Waals surface area contributed by atoms with Gasteiger partial charge in [0.25, 0.3) is 5.56 Å². The second-order valence-electron chi connectivity index (χ2n) is 7.28. The van der Waals surface area contributed by atoms with E-state index in [-0.39, 0.29) is 12.2 Å². The smallest absolute Gasteiger partial charge is 0.336 e. The second-order valence-corrected chi connectivity index (χ2v) is 8.68. The van der Waals surface area contributed by atoms with Crippen LogP contribution in [0.15, 0.2) is 75.8 Å². The van der Waals surface area contributed by atoms with Gasteiger partial charge in [-0.15, -0.1) is 0 Å². The van der Waals surface area contributed by atoms with Gasteiger partial charge < -0.3 is 15.0 Å². The van der Waals surface area contributed by atoms with Crippen LogP contribution in [0.4, 0.5) is 5.82 Å². The monoisotopic (exact) mass is 467 g/mol. The van der Waals surface area contributed by atoms with Crippen LogP contribution in [0.3, 0.4) is 0 Å². The minimum Gasteiger partial charge on any atom is -0.463 e. The molecule has 2 N–H and O–H groups in total. The van der Waals surface area contributed by atoms with Gasteiger partial charge in [-0.3, -0.25) is 4.79 Å². The number of esters is 1. The van der Waals surface area contributed by atoms with E-state index < -0.39 is 11.9 Å². The van der Waals surface area contributed by atoms with Gasteiger partial charge in [0.15, 0.2) is 5.16 Å². The number of hydrogen-bond acceptors (Lipinski definition) is 6. The molecule has 0 aliphatic carbocycles. The lowest BCUT2D eigenvalue weighted by molar-refractivity contribution is -0.138. The highest BCUT2D eigenvalue weighted by Gasteiger charge is 2.36. The van der Waals surface area contributed by atoms with Crippen molar-refractivity contribution in [2.45, 2.75) is 30.7 Å². The number of H-pyrrole nitrogens is 1. The third kappa shape index (κ3) is 4.59. The van der Waals surface area contributed by atoms with Crippen LogP contribution in [0.2, 0.25) is 5.02 Å². The van der Waals surface area contributed by atoms with E-state index in [4.69, 9.17) is 16.3 Å². The summed E-state index contributed by atoms with van der Waals surface area (Å²) in [6.45, 7) is 3.77. The van der Waals surface area contributed by atoms with Crippen molar-refractivity contribution in [3.8, 4) is 0 Å². The van der Waals surface area contributed by atoms with Crippen molar-refractivity contribution in [1.29, 1.82) is 0 Å². The van der Waals surface area contributed by atoms with Gasteiger partial charge in [0.2, 0.25) is 0 Å². The average molecular weight is 468 g/mol. The number of halogens is 1. The van der Waals surface area contributed by atoms with E-state index in [0.29, 0.717) is 38.6 Å². The molecule has 0 spiro atoms. The molecule has 1 aliphatic heterocycles. The van der Waals surface area contributed by atoms with E-state index in [1.54, 1.807) is 26.0 Å². The Morgan fingerprint density at radius 2 is 1.88 bits per heavy atom. The number of ether oxygens (including phenoxy) is 1. The average Bonchev–Trinajstić information content (AvgIpc) is 2.78. The predicted octanol–water partition coefficient (Wildman–Crippen LogP) is 5.11. The molecule has 0 saturated carbocycles. The van der Waals surface area contributed by atoms with Gasteiger partial charge in [0.05, 0.1) is 23.7 Å². The standard InChI is InChI=1S/C24H22ClN3O3S/c1-3-31-23(30)18-14(2)26-21-20(19(18)16-9-11-17(25)12-10-16)22(29)28-24(27-21)32-13-15-7-5-4-6-8-15/h4-12,19H,3,13H2,1-2H3,(H2,26,27,28,29)/t19-/m0/s1. The van der Waals surface area contributed by atoms with Crippen LogP contribution >= 0.6 is 23.4 Å². The zero-order valence-electron chi connectivity index (χ0n) is 17.6. The number of fused-ring (bicyclic) bond motifs is 1. The normalized spacial score (nSPS) is 15.2. The molecule has 8 heteroatoms. The van der Waals surface area contributed by atoms with Gasteiger partial charge in [-0.2, -0.15) is 0 Å². The Kier molecular flexibility index (Phi) is 6.67. The summed E-state index contributed by atoms with van der Waals surface area (Å²) in [5.41, 5.74) is 2.96. The number of benzene rings is 2. The fourth-order valence-corrected chi connectivity index (χ4v) is 4.64. The van der Waals surface area contributed by atoms with Crippen LogP contribution in [0.5, 0.6) is 0 Å². The summed E-state index contributed by atoms with van der Waals surface area (Å²) in [5, 5.41) is 4.23. The number of nitrogens with one attached hydrogen (secondary N) is 2. The highest BCUT2D eigenvalue weighted by atomic mass is 35.5. The van der Waals surface area contributed by atoms with Gasteiger partial charge >= 0.3 is 5.97 Å². The molecule has 0 fully saturated rings. The summed E-state index contributed by atoms with van der Waals surface area (Å²) in [6.07, 6.45) is 0. The van der Waals surface area contributed by atoms with E-state index in [1.165, 1.54) is 11.8 Å². The fourth-order valence-electron chi connectivity index (χ4n) is 3.69. The zero-order chi connectivity index (χ0) is 22.7. The molecular formula is C24H22ClN3O3S. The number of allylic oxidation sites excluding steroid dienone is 1. The van der Waals surface area contributed by atoms with Crippen LogP contribution in [0.25, 0.3) is 0 Å². The summed E-state index contributed by atoms with van der Waals surface area (Å²) < 4.78 is 5.29. The Bertz CT molecular complexity index is 1220. The molecule has 2 aromatic carbocycles. The minimum absolute atomic E-state index is 0.236. The summed E-state index contributed by atoms with van der Waals surface area (Å²) in [5.74, 6) is 0.0262. The molecule has 2 heterocycles. The molecule has 32 heavy (non-hydrogen) atoms. The highest BCUT2D eigenvalue weighted by Crippen LogP contribution is 2.40. The van der Waals surface area contributed by atoms with Crippen molar-refractivity contribution in [1.82, 2.24) is 9.97 Å². The number of aromatic nitrogens is 2. The second kappa shape index (κ2) is 9.63. The summed E-state index contributed by atoms with van der Waals surface area (Å²) in [7, 11) is 0. The fraction of sp³-hybridized carbons (Fsp3) is 0.208. The van der Waals surface area contributed by atoms with Gasteiger partial charge in [0.1, 0.15) is 5.82 Å². The van der Waals surface area contributed by atoms with E-state index >= 15 is 0 Å². The largest absolute Gasteiger partial charge is 0.463 e. The van der Waals surface area contributed by atoms with E-state index in [2.05, 4.69) is 15.3 Å². The first kappa shape index (κ1) is 22.2. The van der Waals surface area contributed by atoms with Gasteiger partial charge in [-0.05, 0) is 37.1 Å². The van der Waals surface area contributed by atoms with Crippen molar-refractivity contribution in [3.63, 3.8) is 0 Å². The molecule has 6 nitrogen and oxygen atoms in total. The molecule has 0 saturated heterocycles. The van der Waals surface area contributed by atoms with Crippen molar-refractivity contribution in [2.24, 2.45) is 0 Å². The minimum atomic E-state index is -0.619. The summed E-state index contributed by atoms with van der Waals surface area (Å²) in [4.78, 5) is 33.6. The van der Waals surface area contributed by atoms with Crippen molar-refractivity contribution < 1.29 is 9.53 Å². The van der Waals surface area contributed by atoms with Gasteiger partial charge in [0, 0.05) is 16.5 Å². The van der Waals surface area contributed by atoms with Crippen LogP contribution in [0, 0.1) is 0 Å². The number of hydrogen-bond donors (Lipinski definition) is 2. The molecule has 164 valence electrons. The Morgan fingerprint density at radius 3 is 2.56 bits per heavy atom. The number of anilines is 1. The summed E-state index contributed by atoms with van der Waals surface area (Å²) in [6, 6.07) is 17.1. The van der Waals surface area contributed by atoms with Gasteiger partial charge in [-0.25, -0.2) is 9.78 Å². The first-order valence-corrected chi connectivity index (χ1v) is 11.6. The van der Waals surface area contributed by atoms with Crippen molar-refractivity contribution in [3.05, 3.63) is 97.9 Å². The maximum atomic E-state index is 13.2. The highest BCUT2D eigenvalue weighted by molar-refractivity contribution is 7.98. The Morgan fingerprint density at radius 1 is 1.16 bits per heavy atom. The Balaban J connectivity index is 1.76. The number of aromatic amines is 1. The summed E-state index contributed by atoms with van der Waals surface area (Å²) >= 11 is 7.51. The maximum Gasteiger partial charge on any atom is 0.336 e. The van der Waals surface area contributed by atoms with Gasteiger partial charge in [-0.1, -0.05) is 65.8 Å². The molecule has 0 amide bonds. The van der Waals surface area contributed by atoms with Crippen molar-refractivity contribution in [2.75, 3.05) is 11.9 Å². The van der Waals surface area contributed by atoms with E-state index in [9.17, 15) is 9.59 Å². The van der Waals surface area contributed by atoms with E-state index in [0.717, 1.165) is 11.1 Å². The van der Waals surface area contributed by atoms with Crippen LogP contribution in [-0.2, 0) is 15.3 Å². The number of nitrogens with zero attached hydrogens (tertiary/aromatic N) is 1. The van der Waals surface area contributed by atoms with Crippen LogP contribution < -0.4 is 10.9 Å². The van der Waals surface area contributed by atoms with Crippen molar-refractivity contribution >= 4 is 35.1 Å².